The molecule has 0 saturated carbocycles. The molecule has 0 aromatic heterocycles. The van der Waals surface area contributed by atoms with E-state index in [-0.39, 0.29) is 5.75 Å². The van der Waals surface area contributed by atoms with Crippen LogP contribution in [-0.2, 0) is 11.2 Å². The molecule has 1 aliphatic rings. The van der Waals surface area contributed by atoms with Crippen molar-refractivity contribution >= 4 is 0 Å². The van der Waals surface area contributed by atoms with Gasteiger partial charge >= 0.3 is 0 Å². The summed E-state index contributed by atoms with van der Waals surface area (Å²) < 4.78 is 11.2. The fourth-order valence-corrected chi connectivity index (χ4v) is 2.74. The molecule has 0 radical (unpaired) electrons. The third kappa shape index (κ3) is 4.50. The molecule has 2 rings (SSSR count). The van der Waals surface area contributed by atoms with E-state index in [9.17, 15) is 25.5 Å². The van der Waals surface area contributed by atoms with Gasteiger partial charge in [0.25, 0.3) is 0 Å². The Bertz CT molecular complexity index is 622. The number of hydrogen-bond acceptors (Lipinski definition) is 7. The van der Waals surface area contributed by atoms with Crippen LogP contribution in [0.25, 0.3) is 0 Å². The Morgan fingerprint density at radius 1 is 1.16 bits per heavy atom. The molecule has 1 fully saturated rings. The van der Waals surface area contributed by atoms with Crippen LogP contribution in [0.4, 0.5) is 0 Å². The van der Waals surface area contributed by atoms with E-state index >= 15 is 0 Å². The third-order valence-electron chi connectivity index (χ3n) is 4.15. The Morgan fingerprint density at radius 2 is 1.84 bits per heavy atom. The van der Waals surface area contributed by atoms with Crippen LogP contribution < -0.4 is 4.74 Å². The van der Waals surface area contributed by atoms with Gasteiger partial charge in [-0.25, -0.2) is 0 Å². The van der Waals surface area contributed by atoms with Gasteiger partial charge in [0.2, 0.25) is 6.29 Å². The van der Waals surface area contributed by atoms with Crippen molar-refractivity contribution in [3.05, 3.63) is 34.9 Å². The normalized spacial score (nSPS) is 29.3. The molecule has 1 heterocycles. The van der Waals surface area contributed by atoms with Crippen molar-refractivity contribution in [2.45, 2.75) is 57.9 Å². The zero-order chi connectivity index (χ0) is 18.7. The fraction of sp³-hybridized carbons (Fsp3) is 0.556. The molecule has 0 bridgehead atoms. The first kappa shape index (κ1) is 19.7. The number of benzene rings is 1. The van der Waals surface area contributed by atoms with Gasteiger partial charge in [-0.15, -0.1) is 0 Å². The average molecular weight is 354 g/mol. The molecule has 0 spiro atoms. The lowest BCUT2D eigenvalue weighted by atomic mass is 9.99. The van der Waals surface area contributed by atoms with Crippen LogP contribution >= 0.6 is 0 Å². The summed E-state index contributed by atoms with van der Waals surface area (Å²) in [6.07, 6.45) is -4.26. The second-order valence-corrected chi connectivity index (χ2v) is 6.55. The quantitative estimate of drug-likeness (QED) is 0.485. The summed E-state index contributed by atoms with van der Waals surface area (Å²) in [7, 11) is 0. The Kier molecular flexibility index (Phi) is 6.42. The summed E-state index contributed by atoms with van der Waals surface area (Å²) in [5.74, 6) is 0.510. The topological polar surface area (TPSA) is 120 Å². The number of aliphatic hydroxyl groups is 4. The first-order valence-corrected chi connectivity index (χ1v) is 8.17. The molecule has 0 unspecified atom stereocenters. The Morgan fingerprint density at radius 3 is 2.44 bits per heavy atom. The van der Waals surface area contributed by atoms with Gasteiger partial charge in [-0.3, -0.25) is 0 Å². The molecule has 7 nitrogen and oxygen atoms in total. The summed E-state index contributed by atoms with van der Waals surface area (Å²) >= 11 is 0. The highest BCUT2D eigenvalue weighted by Crippen LogP contribution is 2.32. The Labute approximate surface area is 146 Å². The van der Waals surface area contributed by atoms with Crippen molar-refractivity contribution in [1.29, 1.82) is 0 Å². The predicted octanol–water partition coefficient (Wildman–Crippen LogP) is 0.388. The first-order chi connectivity index (χ1) is 11.7. The monoisotopic (exact) mass is 354 g/mol. The minimum atomic E-state index is -1.51. The number of aliphatic hydroxyl groups excluding tert-OH is 4. The van der Waals surface area contributed by atoms with Crippen molar-refractivity contribution in [1.82, 2.24) is 0 Å². The van der Waals surface area contributed by atoms with Crippen molar-refractivity contribution in [2.75, 3.05) is 6.61 Å². The fourth-order valence-electron chi connectivity index (χ4n) is 2.74. The molecule has 25 heavy (non-hydrogen) atoms. The van der Waals surface area contributed by atoms with E-state index in [1.165, 1.54) is 6.07 Å². The van der Waals surface area contributed by atoms with Crippen molar-refractivity contribution in [2.24, 2.45) is 0 Å². The van der Waals surface area contributed by atoms with Crippen LogP contribution in [-0.4, -0.2) is 62.8 Å². The van der Waals surface area contributed by atoms with Crippen LogP contribution in [0.3, 0.4) is 0 Å². The van der Waals surface area contributed by atoms with E-state index in [1.54, 1.807) is 13.0 Å². The van der Waals surface area contributed by atoms with E-state index in [2.05, 4.69) is 0 Å². The Balaban J connectivity index is 2.30. The van der Waals surface area contributed by atoms with Gasteiger partial charge in [-0.2, -0.15) is 0 Å². The SMILES string of the molecule is CC(C)=CCc1cc(O)cc(C)c1O[C@@H]1O[C@H](CO)[C@@H](O)[C@H](O)[C@H]1O. The summed E-state index contributed by atoms with van der Waals surface area (Å²) in [5.41, 5.74) is 2.42. The van der Waals surface area contributed by atoms with Crippen molar-refractivity contribution in [3.8, 4) is 11.5 Å². The minimum absolute atomic E-state index is 0.0933. The molecule has 1 aliphatic heterocycles. The highest BCUT2D eigenvalue weighted by molar-refractivity contribution is 5.47. The molecule has 1 aromatic rings. The summed E-state index contributed by atoms with van der Waals surface area (Å²) in [5, 5.41) is 49.0. The molecular formula is C18H26O7. The maximum absolute atomic E-state index is 10.1. The van der Waals surface area contributed by atoms with Crippen LogP contribution in [0.2, 0.25) is 0 Å². The molecular weight excluding hydrogens is 328 g/mol. The van der Waals surface area contributed by atoms with Crippen LogP contribution in [0, 0.1) is 6.92 Å². The lowest BCUT2D eigenvalue weighted by Gasteiger charge is -2.40. The third-order valence-corrected chi connectivity index (χ3v) is 4.15. The Hall–Kier alpha value is -1.64. The molecule has 5 atom stereocenters. The maximum atomic E-state index is 10.1. The van der Waals surface area contributed by atoms with E-state index in [0.29, 0.717) is 23.3 Å². The standard InChI is InChI=1S/C18H26O7/c1-9(2)4-5-11-7-12(20)6-10(3)17(11)25-18-16(23)15(22)14(21)13(8-19)24-18/h4,6-7,13-16,18-23H,5,8H2,1-3H3/t13-,14-,15+,16-,18+/m1/s1. The number of aryl methyl sites for hydroxylation is 1. The van der Waals surface area contributed by atoms with E-state index in [1.807, 2.05) is 19.9 Å². The molecule has 140 valence electrons. The van der Waals surface area contributed by atoms with Crippen LogP contribution in [0.15, 0.2) is 23.8 Å². The molecule has 7 heteroatoms. The van der Waals surface area contributed by atoms with Gasteiger partial charge in [0, 0.05) is 5.56 Å². The minimum Gasteiger partial charge on any atom is -0.508 e. The molecule has 0 amide bonds. The zero-order valence-corrected chi connectivity index (χ0v) is 14.6. The number of rotatable bonds is 5. The molecule has 5 N–H and O–H groups in total. The van der Waals surface area contributed by atoms with E-state index < -0.39 is 37.3 Å². The number of hydrogen-bond donors (Lipinski definition) is 5. The lowest BCUT2D eigenvalue weighted by molar-refractivity contribution is -0.277. The average Bonchev–Trinajstić information content (AvgIpc) is 2.55. The predicted molar refractivity (Wildman–Crippen MR) is 90.4 cm³/mol. The number of aromatic hydroxyl groups is 1. The van der Waals surface area contributed by atoms with E-state index in [0.717, 1.165) is 5.57 Å². The highest BCUT2D eigenvalue weighted by atomic mass is 16.7. The second-order valence-electron chi connectivity index (χ2n) is 6.55. The smallest absolute Gasteiger partial charge is 0.229 e. The number of phenolic OH excluding ortho intramolecular Hbond substituents is 1. The van der Waals surface area contributed by atoms with Gasteiger partial charge in [-0.05, 0) is 44.9 Å². The van der Waals surface area contributed by atoms with Crippen molar-refractivity contribution < 1.29 is 35.0 Å². The lowest BCUT2D eigenvalue weighted by Crippen LogP contribution is -2.60. The molecule has 0 aliphatic carbocycles. The van der Waals surface area contributed by atoms with Gasteiger partial charge in [-0.1, -0.05) is 11.6 Å². The number of allylic oxidation sites excluding steroid dienone is 2. The van der Waals surface area contributed by atoms with Crippen LogP contribution in [0.5, 0.6) is 11.5 Å². The largest absolute Gasteiger partial charge is 0.508 e. The van der Waals surface area contributed by atoms with Gasteiger partial charge in [0.1, 0.15) is 35.9 Å². The summed E-state index contributed by atoms with van der Waals surface area (Å²) in [6.45, 7) is 5.12. The highest BCUT2D eigenvalue weighted by Gasteiger charge is 2.45. The molecule has 1 aromatic carbocycles. The molecule has 1 saturated heterocycles. The number of ether oxygens (including phenoxy) is 2. The maximum Gasteiger partial charge on any atom is 0.229 e. The van der Waals surface area contributed by atoms with Gasteiger partial charge in [0.15, 0.2) is 0 Å². The van der Waals surface area contributed by atoms with Crippen LogP contribution in [0.1, 0.15) is 25.0 Å². The van der Waals surface area contributed by atoms with Crippen molar-refractivity contribution in [3.63, 3.8) is 0 Å². The van der Waals surface area contributed by atoms with Gasteiger partial charge < -0.3 is 35.0 Å². The zero-order valence-electron chi connectivity index (χ0n) is 14.6. The summed E-state index contributed by atoms with van der Waals surface area (Å²) in [4.78, 5) is 0. The van der Waals surface area contributed by atoms with E-state index in [4.69, 9.17) is 9.47 Å². The second kappa shape index (κ2) is 8.16. The number of phenols is 1. The first-order valence-electron chi connectivity index (χ1n) is 8.17. The van der Waals surface area contributed by atoms with Gasteiger partial charge in [0.05, 0.1) is 6.61 Å². The summed E-state index contributed by atoms with van der Waals surface area (Å²) in [6, 6.07) is 3.08.